The van der Waals surface area contributed by atoms with Gasteiger partial charge in [-0.2, -0.15) is 9.78 Å². The highest BCUT2D eigenvalue weighted by Gasteiger charge is 2.24. The predicted octanol–water partition coefficient (Wildman–Crippen LogP) is 3.42. The molecule has 6 nitrogen and oxygen atoms in total. The van der Waals surface area contributed by atoms with E-state index < -0.39 is 0 Å². The van der Waals surface area contributed by atoms with E-state index in [1.807, 2.05) is 11.8 Å². The molecule has 2 aromatic rings. The van der Waals surface area contributed by atoms with E-state index in [4.69, 9.17) is 23.2 Å². The molecular formula is C19H22Cl2N4O2. The molecule has 1 fully saturated rings. The molecule has 2 heterocycles. The third-order valence-corrected chi connectivity index (χ3v) is 5.18. The predicted molar refractivity (Wildman–Crippen MR) is 108 cm³/mol. The maximum absolute atomic E-state index is 12.7. The van der Waals surface area contributed by atoms with Crippen molar-refractivity contribution in [2.75, 3.05) is 18.0 Å². The molecule has 0 radical (unpaired) electrons. The minimum atomic E-state index is -0.381. The van der Waals surface area contributed by atoms with Crippen molar-refractivity contribution < 1.29 is 4.79 Å². The van der Waals surface area contributed by atoms with E-state index in [1.165, 1.54) is 4.68 Å². The molecule has 0 spiro atoms. The highest BCUT2D eigenvalue weighted by molar-refractivity contribution is 6.33. The normalized spacial score (nSPS) is 17.0. The van der Waals surface area contributed by atoms with E-state index in [0.29, 0.717) is 29.4 Å². The van der Waals surface area contributed by atoms with Crippen molar-refractivity contribution in [3.63, 3.8) is 0 Å². The van der Waals surface area contributed by atoms with Crippen molar-refractivity contribution in [3.05, 3.63) is 50.9 Å². The summed E-state index contributed by atoms with van der Waals surface area (Å²) in [5.74, 6) is 0.0618. The molecule has 0 aliphatic carbocycles. The second kappa shape index (κ2) is 8.76. The number of halogens is 2. The highest BCUT2D eigenvalue weighted by Crippen LogP contribution is 2.25. The summed E-state index contributed by atoms with van der Waals surface area (Å²) in [5.41, 5.74) is 0.816. The number of amides is 1. The zero-order valence-electron chi connectivity index (χ0n) is 15.1. The van der Waals surface area contributed by atoms with E-state index in [9.17, 15) is 9.59 Å². The Balaban J connectivity index is 1.80. The van der Waals surface area contributed by atoms with Gasteiger partial charge < -0.3 is 10.2 Å². The lowest BCUT2D eigenvalue weighted by Gasteiger charge is -2.34. The van der Waals surface area contributed by atoms with Crippen LogP contribution in [0.3, 0.4) is 0 Å². The van der Waals surface area contributed by atoms with Crippen LogP contribution in [0.4, 0.5) is 5.69 Å². The molecule has 27 heavy (non-hydrogen) atoms. The lowest BCUT2D eigenvalue weighted by Crippen LogP contribution is -2.48. The number of nitrogens with zero attached hydrogens (tertiary/aromatic N) is 3. The van der Waals surface area contributed by atoms with Crippen LogP contribution < -0.4 is 15.8 Å². The Hall–Kier alpha value is -2.05. The highest BCUT2D eigenvalue weighted by atomic mass is 35.5. The molecule has 8 heteroatoms. The number of rotatable bonds is 5. The van der Waals surface area contributed by atoms with Gasteiger partial charge in [0.15, 0.2) is 0 Å². The molecular weight excluding hydrogens is 387 g/mol. The zero-order chi connectivity index (χ0) is 19.4. The Morgan fingerprint density at radius 3 is 2.74 bits per heavy atom. The molecule has 144 valence electrons. The van der Waals surface area contributed by atoms with E-state index in [2.05, 4.69) is 10.4 Å². The molecule has 0 bridgehead atoms. The SMILES string of the molecule is CCCC(=O)NC1CCCN(c2cnn(-c3ccc(Cl)cc3)c(=O)c2Cl)C1. The summed E-state index contributed by atoms with van der Waals surface area (Å²) in [6.07, 6.45) is 4.78. The number of piperidine rings is 1. The Morgan fingerprint density at radius 1 is 1.30 bits per heavy atom. The van der Waals surface area contributed by atoms with Gasteiger partial charge in [-0.05, 0) is 43.5 Å². The molecule has 1 N–H and O–H groups in total. The smallest absolute Gasteiger partial charge is 0.292 e. The summed E-state index contributed by atoms with van der Waals surface area (Å²) in [5, 5.41) is 8.04. The van der Waals surface area contributed by atoms with Crippen LogP contribution in [0.5, 0.6) is 0 Å². The summed E-state index contributed by atoms with van der Waals surface area (Å²) < 4.78 is 1.26. The fraction of sp³-hybridized carbons (Fsp3) is 0.421. The van der Waals surface area contributed by atoms with Crippen LogP contribution in [0.15, 0.2) is 35.3 Å². The van der Waals surface area contributed by atoms with Gasteiger partial charge in [0, 0.05) is 30.6 Å². The lowest BCUT2D eigenvalue weighted by atomic mass is 10.0. The number of carbonyl (C=O) groups excluding carboxylic acids is 1. The average Bonchev–Trinajstić information content (AvgIpc) is 2.65. The first-order valence-corrected chi connectivity index (χ1v) is 9.83. The van der Waals surface area contributed by atoms with Crippen molar-refractivity contribution in [2.45, 2.75) is 38.6 Å². The van der Waals surface area contributed by atoms with Gasteiger partial charge in [-0.3, -0.25) is 9.59 Å². The average molecular weight is 409 g/mol. The molecule has 1 amide bonds. The van der Waals surface area contributed by atoms with Gasteiger partial charge in [0.1, 0.15) is 5.02 Å². The molecule has 3 rings (SSSR count). The Kier molecular flexibility index (Phi) is 6.39. The van der Waals surface area contributed by atoms with Crippen LogP contribution >= 0.6 is 23.2 Å². The van der Waals surface area contributed by atoms with E-state index >= 15 is 0 Å². The van der Waals surface area contributed by atoms with Crippen molar-refractivity contribution in [1.29, 1.82) is 0 Å². The third kappa shape index (κ3) is 4.62. The number of hydrogen-bond donors (Lipinski definition) is 1. The Labute approximate surface area is 168 Å². The fourth-order valence-corrected chi connectivity index (χ4v) is 3.63. The third-order valence-electron chi connectivity index (χ3n) is 4.58. The quantitative estimate of drug-likeness (QED) is 0.822. The Morgan fingerprint density at radius 2 is 2.04 bits per heavy atom. The summed E-state index contributed by atoms with van der Waals surface area (Å²) in [6, 6.07) is 6.87. The van der Waals surface area contributed by atoms with Crippen molar-refractivity contribution in [2.24, 2.45) is 0 Å². The number of benzene rings is 1. The minimum absolute atomic E-state index is 0.0487. The number of hydrogen-bond acceptors (Lipinski definition) is 4. The van der Waals surface area contributed by atoms with Crippen molar-refractivity contribution in [3.8, 4) is 5.69 Å². The van der Waals surface area contributed by atoms with E-state index in [1.54, 1.807) is 30.5 Å². The standard InChI is InChI=1S/C19H22Cl2N4O2/c1-2-4-17(26)23-14-5-3-10-24(12-14)16-11-22-25(19(27)18(16)21)15-8-6-13(20)7-9-15/h6-9,11,14H,2-5,10,12H2,1H3,(H,23,26). The first kappa shape index (κ1) is 19.7. The minimum Gasteiger partial charge on any atom is -0.367 e. The van der Waals surface area contributed by atoms with Gasteiger partial charge in [0.05, 0.1) is 17.6 Å². The molecule has 1 aliphatic heterocycles. The number of aromatic nitrogens is 2. The summed E-state index contributed by atoms with van der Waals surface area (Å²) >= 11 is 12.3. The Bertz CT molecular complexity index is 867. The van der Waals surface area contributed by atoms with Crippen LogP contribution in [0, 0.1) is 0 Å². The number of nitrogens with one attached hydrogen (secondary N) is 1. The van der Waals surface area contributed by atoms with Gasteiger partial charge in [-0.1, -0.05) is 30.1 Å². The molecule has 1 aliphatic rings. The van der Waals surface area contributed by atoms with Gasteiger partial charge >= 0.3 is 0 Å². The summed E-state index contributed by atoms with van der Waals surface area (Å²) in [7, 11) is 0. The summed E-state index contributed by atoms with van der Waals surface area (Å²) in [4.78, 5) is 26.6. The second-order valence-electron chi connectivity index (χ2n) is 6.64. The van der Waals surface area contributed by atoms with E-state index in [0.717, 1.165) is 25.8 Å². The zero-order valence-corrected chi connectivity index (χ0v) is 16.6. The molecule has 0 saturated carbocycles. The van der Waals surface area contributed by atoms with E-state index in [-0.39, 0.29) is 22.5 Å². The van der Waals surface area contributed by atoms with Gasteiger partial charge in [-0.15, -0.1) is 0 Å². The van der Waals surface area contributed by atoms with Crippen LogP contribution in [0.2, 0.25) is 10.0 Å². The van der Waals surface area contributed by atoms with Crippen LogP contribution in [-0.2, 0) is 4.79 Å². The second-order valence-corrected chi connectivity index (χ2v) is 7.45. The van der Waals surface area contributed by atoms with Gasteiger partial charge in [-0.25, -0.2) is 0 Å². The van der Waals surface area contributed by atoms with Crippen LogP contribution in [0.1, 0.15) is 32.6 Å². The van der Waals surface area contributed by atoms with Crippen LogP contribution in [0.25, 0.3) is 5.69 Å². The van der Waals surface area contributed by atoms with Crippen molar-refractivity contribution in [1.82, 2.24) is 15.1 Å². The van der Waals surface area contributed by atoms with Gasteiger partial charge in [0.25, 0.3) is 5.56 Å². The maximum atomic E-state index is 12.7. The molecule has 1 saturated heterocycles. The molecule has 1 unspecified atom stereocenters. The fourth-order valence-electron chi connectivity index (χ4n) is 3.25. The number of anilines is 1. The topological polar surface area (TPSA) is 67.2 Å². The molecule has 1 atom stereocenters. The first-order valence-electron chi connectivity index (χ1n) is 9.07. The lowest BCUT2D eigenvalue weighted by molar-refractivity contribution is -0.121. The monoisotopic (exact) mass is 408 g/mol. The summed E-state index contributed by atoms with van der Waals surface area (Å²) in [6.45, 7) is 3.36. The van der Waals surface area contributed by atoms with Crippen molar-refractivity contribution >= 4 is 34.8 Å². The van der Waals surface area contributed by atoms with Crippen LogP contribution in [-0.4, -0.2) is 34.8 Å². The first-order chi connectivity index (χ1) is 13.0. The largest absolute Gasteiger partial charge is 0.367 e. The molecule has 1 aromatic heterocycles. The number of carbonyl (C=O) groups is 1. The maximum Gasteiger partial charge on any atom is 0.292 e. The van der Waals surface area contributed by atoms with Gasteiger partial charge in [0.2, 0.25) is 5.91 Å². The molecule has 1 aromatic carbocycles.